The fraction of sp³-hybridized carbons (Fsp3) is 0.167. The summed E-state index contributed by atoms with van der Waals surface area (Å²) in [6.07, 6.45) is -2.44. The maximum Gasteiger partial charge on any atom is 0.267 e. The number of pyridine rings is 1. The summed E-state index contributed by atoms with van der Waals surface area (Å²) in [5.41, 5.74) is -0.740. The second-order valence-electron chi connectivity index (χ2n) is 2.39. The van der Waals surface area contributed by atoms with Crippen LogP contribution in [0.3, 0.4) is 0 Å². The molecule has 0 unspecified atom stereocenters. The van der Waals surface area contributed by atoms with Gasteiger partial charge in [0.05, 0.1) is 10.0 Å². The first kappa shape index (κ1) is 12.7. The minimum Gasteiger partial charge on any atom is -0.227 e. The van der Waals surface area contributed by atoms with Crippen LogP contribution < -0.4 is 0 Å². The lowest BCUT2D eigenvalue weighted by molar-refractivity contribution is 0.149. The van der Waals surface area contributed by atoms with E-state index in [-0.39, 0.29) is 0 Å². The lowest BCUT2D eigenvalue weighted by Gasteiger charge is -2.06. The highest BCUT2D eigenvalue weighted by Gasteiger charge is 2.26. The van der Waals surface area contributed by atoms with Crippen molar-refractivity contribution in [3.63, 3.8) is 0 Å². The SMILES string of the molecule is O=S(=O)(Cl)c1c(F)ncc(C(F)F)c1Br. The predicted octanol–water partition coefficient (Wildman–Crippen LogP) is 2.85. The van der Waals surface area contributed by atoms with Crippen molar-refractivity contribution >= 4 is 35.7 Å². The zero-order chi connectivity index (χ0) is 11.8. The molecule has 0 amide bonds. The van der Waals surface area contributed by atoms with Gasteiger partial charge in [-0.15, -0.1) is 0 Å². The van der Waals surface area contributed by atoms with Gasteiger partial charge in [-0.1, -0.05) is 0 Å². The molecule has 0 atom stereocenters. The quantitative estimate of drug-likeness (QED) is 0.621. The highest BCUT2D eigenvalue weighted by molar-refractivity contribution is 9.10. The van der Waals surface area contributed by atoms with E-state index in [4.69, 9.17) is 10.7 Å². The van der Waals surface area contributed by atoms with Gasteiger partial charge in [0, 0.05) is 16.9 Å². The van der Waals surface area contributed by atoms with Crippen LogP contribution in [-0.4, -0.2) is 13.4 Å². The smallest absolute Gasteiger partial charge is 0.227 e. The molecule has 0 aromatic carbocycles. The maximum atomic E-state index is 12.9. The molecule has 0 radical (unpaired) electrons. The van der Waals surface area contributed by atoms with E-state index in [0.29, 0.717) is 6.20 Å². The minimum atomic E-state index is -4.47. The molecular formula is C6H2BrClF3NO2S. The van der Waals surface area contributed by atoms with Crippen LogP contribution in [0, 0.1) is 5.95 Å². The van der Waals surface area contributed by atoms with E-state index in [1.807, 2.05) is 0 Å². The molecule has 0 N–H and O–H groups in total. The Balaban J connectivity index is 3.59. The third-order valence-electron chi connectivity index (χ3n) is 1.44. The van der Waals surface area contributed by atoms with Gasteiger partial charge >= 0.3 is 0 Å². The summed E-state index contributed by atoms with van der Waals surface area (Å²) >= 11 is 2.54. The second kappa shape index (κ2) is 4.26. The second-order valence-corrected chi connectivity index (χ2v) is 5.68. The first-order valence-corrected chi connectivity index (χ1v) is 6.42. The van der Waals surface area contributed by atoms with Crippen molar-refractivity contribution in [2.75, 3.05) is 0 Å². The van der Waals surface area contributed by atoms with Crippen LogP contribution in [0.4, 0.5) is 13.2 Å². The Morgan fingerprint density at radius 1 is 1.47 bits per heavy atom. The first-order chi connectivity index (χ1) is 6.75. The number of alkyl halides is 2. The van der Waals surface area contributed by atoms with Gasteiger partial charge in [-0.3, -0.25) is 0 Å². The van der Waals surface area contributed by atoms with Crippen LogP contribution in [0.2, 0.25) is 0 Å². The van der Waals surface area contributed by atoms with Crippen LogP contribution in [0.15, 0.2) is 15.6 Å². The third-order valence-corrected chi connectivity index (χ3v) is 3.88. The summed E-state index contributed by atoms with van der Waals surface area (Å²) < 4.78 is 58.6. The van der Waals surface area contributed by atoms with Gasteiger partial charge in [0.2, 0.25) is 5.95 Å². The monoisotopic (exact) mass is 323 g/mol. The number of halogens is 5. The third kappa shape index (κ3) is 2.61. The topological polar surface area (TPSA) is 47.0 Å². The first-order valence-electron chi connectivity index (χ1n) is 3.32. The average molecular weight is 325 g/mol. The van der Waals surface area contributed by atoms with E-state index < -0.39 is 36.4 Å². The Labute approximate surface area is 95.8 Å². The Morgan fingerprint density at radius 3 is 2.40 bits per heavy atom. The van der Waals surface area contributed by atoms with Crippen molar-refractivity contribution in [2.45, 2.75) is 11.3 Å². The summed E-state index contributed by atoms with van der Waals surface area (Å²) in [6.45, 7) is 0. The summed E-state index contributed by atoms with van der Waals surface area (Å²) in [7, 11) is 0.397. The minimum absolute atomic E-state index is 0.537. The molecular weight excluding hydrogens is 322 g/mol. The standard InChI is InChI=1S/C6H2BrClF3NO2S/c7-3-2(5(9)10)1-12-6(11)4(3)15(8,13)14/h1,5H. The van der Waals surface area contributed by atoms with E-state index in [2.05, 4.69) is 20.9 Å². The average Bonchev–Trinajstić information content (AvgIpc) is 2.00. The summed E-state index contributed by atoms with van der Waals surface area (Å²) in [5, 5.41) is 0. The Morgan fingerprint density at radius 2 is 2.00 bits per heavy atom. The van der Waals surface area contributed by atoms with Gasteiger partial charge in [0.15, 0.2) is 4.90 Å². The van der Waals surface area contributed by atoms with Crippen LogP contribution >= 0.6 is 26.6 Å². The highest BCUT2D eigenvalue weighted by atomic mass is 79.9. The van der Waals surface area contributed by atoms with Gasteiger partial charge in [0.1, 0.15) is 0 Å². The van der Waals surface area contributed by atoms with E-state index in [0.717, 1.165) is 0 Å². The van der Waals surface area contributed by atoms with Gasteiger partial charge in [-0.2, -0.15) is 4.39 Å². The largest absolute Gasteiger partial charge is 0.267 e. The van der Waals surface area contributed by atoms with Crippen LogP contribution in [0.25, 0.3) is 0 Å². The van der Waals surface area contributed by atoms with Crippen molar-refractivity contribution in [1.82, 2.24) is 4.98 Å². The van der Waals surface area contributed by atoms with Gasteiger partial charge in [-0.05, 0) is 15.9 Å². The molecule has 0 fully saturated rings. The lowest BCUT2D eigenvalue weighted by Crippen LogP contribution is -2.03. The summed E-state index contributed by atoms with van der Waals surface area (Å²) in [6, 6.07) is 0. The molecule has 0 aliphatic heterocycles. The predicted molar refractivity (Wildman–Crippen MR) is 49.9 cm³/mol. The molecule has 1 heterocycles. The number of hydrogen-bond donors (Lipinski definition) is 0. The summed E-state index contributed by atoms with van der Waals surface area (Å²) in [5.74, 6) is -1.43. The lowest BCUT2D eigenvalue weighted by atomic mass is 10.3. The molecule has 1 aromatic rings. The Kier molecular flexibility index (Phi) is 3.62. The van der Waals surface area contributed by atoms with Gasteiger partial charge in [0.25, 0.3) is 15.5 Å². The molecule has 0 spiro atoms. The normalized spacial score (nSPS) is 12.1. The van der Waals surface area contributed by atoms with Crippen molar-refractivity contribution < 1.29 is 21.6 Å². The van der Waals surface area contributed by atoms with Crippen LogP contribution in [-0.2, 0) is 9.05 Å². The highest BCUT2D eigenvalue weighted by Crippen LogP contribution is 2.34. The molecule has 0 saturated heterocycles. The molecule has 0 bridgehead atoms. The van der Waals surface area contributed by atoms with Crippen molar-refractivity contribution in [3.05, 3.63) is 22.2 Å². The molecule has 0 aliphatic rings. The molecule has 3 nitrogen and oxygen atoms in total. The summed E-state index contributed by atoms with van der Waals surface area (Å²) in [4.78, 5) is 1.81. The Hall–Kier alpha value is -0.340. The van der Waals surface area contributed by atoms with E-state index in [1.165, 1.54) is 0 Å². The number of aromatic nitrogens is 1. The van der Waals surface area contributed by atoms with Crippen molar-refractivity contribution in [3.8, 4) is 0 Å². The molecule has 9 heteroatoms. The van der Waals surface area contributed by atoms with Crippen molar-refractivity contribution in [2.24, 2.45) is 0 Å². The maximum absolute atomic E-state index is 12.9. The van der Waals surface area contributed by atoms with Crippen LogP contribution in [0.1, 0.15) is 12.0 Å². The number of nitrogens with zero attached hydrogens (tertiary/aromatic N) is 1. The van der Waals surface area contributed by atoms with Crippen molar-refractivity contribution in [1.29, 1.82) is 0 Å². The van der Waals surface area contributed by atoms with E-state index in [1.54, 1.807) is 0 Å². The molecule has 15 heavy (non-hydrogen) atoms. The molecule has 84 valence electrons. The molecule has 1 aromatic heterocycles. The number of rotatable bonds is 2. The van der Waals surface area contributed by atoms with E-state index >= 15 is 0 Å². The fourth-order valence-corrected chi connectivity index (χ4v) is 3.19. The van der Waals surface area contributed by atoms with E-state index in [9.17, 15) is 21.6 Å². The van der Waals surface area contributed by atoms with Gasteiger partial charge in [-0.25, -0.2) is 22.2 Å². The fourth-order valence-electron chi connectivity index (χ4n) is 0.823. The Bertz CT molecular complexity index is 493. The zero-order valence-electron chi connectivity index (χ0n) is 6.72. The van der Waals surface area contributed by atoms with Gasteiger partial charge < -0.3 is 0 Å². The van der Waals surface area contributed by atoms with Crippen LogP contribution in [0.5, 0.6) is 0 Å². The molecule has 0 saturated carbocycles. The molecule has 1 rings (SSSR count). The zero-order valence-corrected chi connectivity index (χ0v) is 9.87. The number of hydrogen-bond acceptors (Lipinski definition) is 3. The molecule has 0 aliphatic carbocycles.